The van der Waals surface area contributed by atoms with Gasteiger partial charge in [-0.1, -0.05) is 27.7 Å². The molecule has 24 atom stereocenters. The highest BCUT2D eigenvalue weighted by Crippen LogP contribution is 2.71. The van der Waals surface area contributed by atoms with Gasteiger partial charge in [-0.3, -0.25) is 0 Å². The Morgan fingerprint density at radius 3 is 2.02 bits per heavy atom. The summed E-state index contributed by atoms with van der Waals surface area (Å²) in [6.07, 6.45) is -7.54. The molecule has 52 heavy (non-hydrogen) atoms. The van der Waals surface area contributed by atoms with Crippen molar-refractivity contribution >= 4 is 0 Å². The van der Waals surface area contributed by atoms with Crippen LogP contribution in [0.3, 0.4) is 0 Å². The van der Waals surface area contributed by atoms with Gasteiger partial charge in [0.25, 0.3) is 0 Å². The predicted octanol–water partition coefficient (Wildman–Crippen LogP) is 1.44. The highest BCUT2D eigenvalue weighted by Gasteiger charge is 2.71. The summed E-state index contributed by atoms with van der Waals surface area (Å²) in [4.78, 5) is 0. The van der Waals surface area contributed by atoms with E-state index < -0.39 is 79.4 Å². The fourth-order valence-electron chi connectivity index (χ4n) is 13.3. The fraction of sp³-hybridized carbons (Fsp3) is 1.00. The maximum absolute atomic E-state index is 11.7. The zero-order chi connectivity index (χ0) is 37.2. The van der Waals surface area contributed by atoms with Crippen LogP contribution in [-0.4, -0.2) is 134 Å². The Morgan fingerprint density at radius 1 is 0.635 bits per heavy atom. The van der Waals surface area contributed by atoms with Crippen molar-refractivity contribution in [2.24, 2.45) is 52.3 Å². The van der Waals surface area contributed by atoms with Crippen LogP contribution in [0.15, 0.2) is 0 Å². The molecule has 8 aliphatic rings. The minimum absolute atomic E-state index is 0.00617. The predicted molar refractivity (Wildman–Crippen MR) is 183 cm³/mol. The van der Waals surface area contributed by atoms with Crippen LogP contribution in [0.2, 0.25) is 0 Å². The molecule has 0 aromatic carbocycles. The van der Waals surface area contributed by atoms with Crippen LogP contribution < -0.4 is 0 Å². The number of hydrogen-bond donors (Lipinski definition) is 7. The molecular formula is C39H64O13. The second-order valence-electron chi connectivity index (χ2n) is 18.9. The number of aliphatic hydroxyl groups excluding tert-OH is 7. The van der Waals surface area contributed by atoms with E-state index in [1.54, 1.807) is 13.8 Å². The van der Waals surface area contributed by atoms with Crippen molar-refractivity contribution in [1.82, 2.24) is 0 Å². The lowest BCUT2D eigenvalue weighted by Crippen LogP contribution is -2.64. The van der Waals surface area contributed by atoms with E-state index in [0.29, 0.717) is 37.2 Å². The van der Waals surface area contributed by atoms with Crippen LogP contribution in [0.4, 0.5) is 0 Å². The van der Waals surface area contributed by atoms with Gasteiger partial charge in [0, 0.05) is 5.92 Å². The van der Waals surface area contributed by atoms with Crippen LogP contribution in [0.25, 0.3) is 0 Å². The maximum atomic E-state index is 11.7. The van der Waals surface area contributed by atoms with Gasteiger partial charge in [0.05, 0.1) is 37.1 Å². The smallest absolute Gasteiger partial charge is 0.197 e. The average Bonchev–Trinajstić information content (AvgIpc) is 3.55. The van der Waals surface area contributed by atoms with Crippen LogP contribution >= 0.6 is 0 Å². The molecule has 7 N–H and O–H groups in total. The van der Waals surface area contributed by atoms with Gasteiger partial charge in [-0.15, -0.1) is 0 Å². The lowest BCUT2D eigenvalue weighted by atomic mass is 9.43. The van der Waals surface area contributed by atoms with Gasteiger partial charge >= 0.3 is 0 Å². The molecule has 8 rings (SSSR count). The van der Waals surface area contributed by atoms with Gasteiger partial charge in [-0.05, 0) is 112 Å². The molecule has 0 unspecified atom stereocenters. The standard InChI is InChI=1S/C39H64O13/c1-16-11-27(41)39(47-15-16)17(2)28-26(52-39)14-23-21-13-25(24-12-20(40)7-9-37(24,5)22(21)8-10-38(23,28)6)50-36-33(46)34(30(43)19(4)49-36)51-35-32(45)31(44)29(42)18(3)48-35/h16-36,40-46H,7-15H2,1-6H3/t16-,17-,18-,19+,20-,21+,22-,23-,24-,25-,26-,27-,28-,29-,30+,31+,32+,33+,34-,35-,36-,37+,38-,39-/m0/s1. The van der Waals surface area contributed by atoms with Gasteiger partial charge in [0.1, 0.15) is 42.7 Å². The van der Waals surface area contributed by atoms with E-state index in [4.69, 9.17) is 28.4 Å². The number of hydrogen-bond acceptors (Lipinski definition) is 13. The molecule has 4 aliphatic carbocycles. The highest BCUT2D eigenvalue weighted by molar-refractivity contribution is 5.17. The normalized spacial score (nSPS) is 61.9. The van der Waals surface area contributed by atoms with Crippen LogP contribution in [0.5, 0.6) is 0 Å². The van der Waals surface area contributed by atoms with Crippen molar-refractivity contribution in [2.75, 3.05) is 6.61 Å². The quantitative estimate of drug-likeness (QED) is 0.205. The lowest BCUT2D eigenvalue weighted by Gasteiger charge is -2.63. The lowest BCUT2D eigenvalue weighted by molar-refractivity contribution is -0.363. The van der Waals surface area contributed by atoms with E-state index in [1.165, 1.54) is 0 Å². The van der Waals surface area contributed by atoms with Gasteiger partial charge in [0.15, 0.2) is 18.4 Å². The summed E-state index contributed by atoms with van der Waals surface area (Å²) in [5.74, 6) is 0.760. The molecule has 298 valence electrons. The SMILES string of the molecule is C[C@@H]1CO[C@@]2(O[C@H]3C[C@H]4[C@@H]5C[C@H](O[C@@H]6O[C@H](C)[C@@H](O)[C@H](O[C@@H]7O[C@@H](C)[C@H](O)[C@@H](O)[C@H]7O)[C@H]6O)[C@@H]6C[C@@H](O)CC[C@]6(C)[C@H]5CC[C@]4(C)[C@H]3[C@@H]2C)[C@@H](O)C1. The van der Waals surface area contributed by atoms with Crippen molar-refractivity contribution in [3.8, 4) is 0 Å². The molecule has 4 heterocycles. The highest BCUT2D eigenvalue weighted by atomic mass is 16.7. The number of fused-ring (bicyclic) bond motifs is 7. The Labute approximate surface area is 307 Å². The first kappa shape index (κ1) is 38.4. The second kappa shape index (κ2) is 13.6. The van der Waals surface area contributed by atoms with Gasteiger partial charge in [-0.2, -0.15) is 0 Å². The minimum Gasteiger partial charge on any atom is -0.393 e. The van der Waals surface area contributed by atoms with E-state index in [1.807, 2.05) is 0 Å². The first-order chi connectivity index (χ1) is 24.5. The summed E-state index contributed by atoms with van der Waals surface area (Å²) in [5, 5.41) is 76.3. The third kappa shape index (κ3) is 5.73. The summed E-state index contributed by atoms with van der Waals surface area (Å²) >= 11 is 0. The summed E-state index contributed by atoms with van der Waals surface area (Å²) < 4.78 is 37.9. The summed E-state index contributed by atoms with van der Waals surface area (Å²) in [6.45, 7) is 12.9. The first-order valence-corrected chi connectivity index (χ1v) is 20.2. The first-order valence-electron chi connectivity index (χ1n) is 20.2. The third-order valence-electron chi connectivity index (χ3n) is 16.1. The number of ether oxygens (including phenoxy) is 6. The molecular weight excluding hydrogens is 676 g/mol. The van der Waals surface area contributed by atoms with E-state index >= 15 is 0 Å². The second-order valence-corrected chi connectivity index (χ2v) is 18.9. The topological polar surface area (TPSA) is 197 Å². The molecule has 0 aromatic heterocycles. The molecule has 1 spiro atoms. The van der Waals surface area contributed by atoms with Crippen LogP contribution in [-0.2, 0) is 28.4 Å². The summed E-state index contributed by atoms with van der Waals surface area (Å²) in [6, 6.07) is 0. The van der Waals surface area contributed by atoms with Crippen molar-refractivity contribution in [3.63, 3.8) is 0 Å². The Balaban J connectivity index is 1.04. The Hall–Kier alpha value is -0.520. The van der Waals surface area contributed by atoms with Crippen molar-refractivity contribution < 1.29 is 64.2 Å². The molecule has 0 radical (unpaired) electrons. The van der Waals surface area contributed by atoms with E-state index in [0.717, 1.165) is 38.5 Å². The van der Waals surface area contributed by atoms with E-state index in [2.05, 4.69) is 27.7 Å². The minimum atomic E-state index is -1.60. The van der Waals surface area contributed by atoms with E-state index in [9.17, 15) is 35.7 Å². The maximum Gasteiger partial charge on any atom is 0.197 e. The number of aliphatic hydroxyl groups is 7. The Kier molecular flexibility index (Phi) is 10.0. The molecule has 0 bridgehead atoms. The Morgan fingerprint density at radius 2 is 1.31 bits per heavy atom. The molecule has 4 aliphatic heterocycles. The zero-order valence-electron chi connectivity index (χ0n) is 31.6. The molecule has 0 aromatic rings. The van der Waals surface area contributed by atoms with Crippen LogP contribution in [0, 0.1) is 52.3 Å². The van der Waals surface area contributed by atoms with Gasteiger partial charge < -0.3 is 64.2 Å². The monoisotopic (exact) mass is 740 g/mol. The molecule has 4 saturated carbocycles. The Bertz CT molecular complexity index is 1310. The zero-order valence-corrected chi connectivity index (χ0v) is 31.6. The van der Waals surface area contributed by atoms with Gasteiger partial charge in [0.2, 0.25) is 0 Å². The molecule has 4 saturated heterocycles. The summed E-state index contributed by atoms with van der Waals surface area (Å²) in [7, 11) is 0. The molecule has 0 amide bonds. The van der Waals surface area contributed by atoms with E-state index in [-0.39, 0.29) is 46.7 Å². The molecule has 13 heteroatoms. The molecule has 13 nitrogen and oxygen atoms in total. The van der Waals surface area contributed by atoms with Crippen molar-refractivity contribution in [1.29, 1.82) is 0 Å². The number of rotatable bonds is 4. The average molecular weight is 741 g/mol. The third-order valence-corrected chi connectivity index (χ3v) is 16.1. The van der Waals surface area contributed by atoms with Crippen molar-refractivity contribution in [2.45, 2.75) is 185 Å². The van der Waals surface area contributed by atoms with Gasteiger partial charge in [-0.25, -0.2) is 0 Å². The summed E-state index contributed by atoms with van der Waals surface area (Å²) in [5.41, 5.74) is -0.122. The largest absolute Gasteiger partial charge is 0.393 e. The van der Waals surface area contributed by atoms with Crippen LogP contribution in [0.1, 0.15) is 92.9 Å². The molecule has 8 fully saturated rings. The van der Waals surface area contributed by atoms with Crippen molar-refractivity contribution in [3.05, 3.63) is 0 Å². The fourth-order valence-corrected chi connectivity index (χ4v) is 13.3.